The molecule has 0 aliphatic heterocycles. The number of alkyl halides is 2. The maximum atomic E-state index is 13.2. The molecule has 0 radical (unpaired) electrons. The Labute approximate surface area is 115 Å². The quantitative estimate of drug-likeness (QED) is 0.883. The van der Waals surface area contributed by atoms with E-state index in [-0.39, 0.29) is 17.8 Å². The van der Waals surface area contributed by atoms with Crippen LogP contribution in [0.2, 0.25) is 0 Å². The Bertz CT molecular complexity index is 596. The van der Waals surface area contributed by atoms with Crippen molar-refractivity contribution in [2.45, 2.75) is 25.9 Å². The molecule has 20 heavy (non-hydrogen) atoms. The Morgan fingerprint density at radius 2 is 1.75 bits per heavy atom. The van der Waals surface area contributed by atoms with Gasteiger partial charge in [0.15, 0.2) is 0 Å². The van der Waals surface area contributed by atoms with Crippen LogP contribution < -0.4 is 0 Å². The van der Waals surface area contributed by atoms with Gasteiger partial charge >= 0.3 is 0 Å². The summed E-state index contributed by atoms with van der Waals surface area (Å²) < 4.78 is 38.4. The van der Waals surface area contributed by atoms with Gasteiger partial charge in [-0.05, 0) is 41.8 Å². The molecule has 2 aromatic carbocycles. The molecule has 1 nitrogen and oxygen atoms in total. The standard InChI is InChI=1S/C16H15F3O/c1-10-5-6-14(17)8-13(10)9-15(20)11-3-2-4-12(7-11)16(18)19/h2-8,15-16,20H,9H2,1H3. The molecular formula is C16H15F3O. The molecule has 0 saturated carbocycles. The Balaban J connectivity index is 2.21. The highest BCUT2D eigenvalue weighted by atomic mass is 19.3. The van der Waals surface area contributed by atoms with E-state index in [0.717, 1.165) is 5.56 Å². The first-order chi connectivity index (χ1) is 9.47. The highest BCUT2D eigenvalue weighted by Crippen LogP contribution is 2.25. The summed E-state index contributed by atoms with van der Waals surface area (Å²) in [6, 6.07) is 10.0. The number of aliphatic hydroxyl groups excluding tert-OH is 1. The van der Waals surface area contributed by atoms with Gasteiger partial charge in [-0.1, -0.05) is 24.3 Å². The van der Waals surface area contributed by atoms with Crippen LogP contribution in [0, 0.1) is 12.7 Å². The van der Waals surface area contributed by atoms with E-state index in [2.05, 4.69) is 0 Å². The van der Waals surface area contributed by atoms with E-state index in [0.29, 0.717) is 11.1 Å². The average molecular weight is 280 g/mol. The average Bonchev–Trinajstić information content (AvgIpc) is 2.43. The lowest BCUT2D eigenvalue weighted by Gasteiger charge is -2.14. The molecule has 0 aliphatic rings. The van der Waals surface area contributed by atoms with E-state index in [9.17, 15) is 18.3 Å². The fourth-order valence-corrected chi connectivity index (χ4v) is 2.09. The normalized spacial score (nSPS) is 12.7. The van der Waals surface area contributed by atoms with Gasteiger partial charge in [0.05, 0.1) is 6.10 Å². The van der Waals surface area contributed by atoms with Crippen LogP contribution in [-0.4, -0.2) is 5.11 Å². The zero-order valence-electron chi connectivity index (χ0n) is 11.0. The number of benzene rings is 2. The second-order valence-electron chi connectivity index (χ2n) is 4.76. The van der Waals surface area contributed by atoms with Crippen LogP contribution in [0.5, 0.6) is 0 Å². The summed E-state index contributed by atoms with van der Waals surface area (Å²) in [6.45, 7) is 1.82. The van der Waals surface area contributed by atoms with Crippen molar-refractivity contribution in [3.05, 3.63) is 70.5 Å². The van der Waals surface area contributed by atoms with Crippen LogP contribution in [0.1, 0.15) is 34.8 Å². The van der Waals surface area contributed by atoms with Crippen molar-refractivity contribution in [2.75, 3.05) is 0 Å². The number of rotatable bonds is 4. The molecule has 1 unspecified atom stereocenters. The van der Waals surface area contributed by atoms with E-state index < -0.39 is 12.5 Å². The van der Waals surface area contributed by atoms with Crippen molar-refractivity contribution < 1.29 is 18.3 Å². The Kier molecular flexibility index (Phi) is 4.45. The monoisotopic (exact) mass is 280 g/mol. The van der Waals surface area contributed by atoms with E-state index >= 15 is 0 Å². The predicted molar refractivity (Wildman–Crippen MR) is 71.2 cm³/mol. The van der Waals surface area contributed by atoms with Crippen molar-refractivity contribution in [1.29, 1.82) is 0 Å². The second kappa shape index (κ2) is 6.09. The van der Waals surface area contributed by atoms with Crippen molar-refractivity contribution in [1.82, 2.24) is 0 Å². The van der Waals surface area contributed by atoms with Crippen molar-refractivity contribution in [3.63, 3.8) is 0 Å². The minimum atomic E-state index is -2.57. The molecule has 2 aromatic rings. The van der Waals surface area contributed by atoms with Crippen LogP contribution in [0.25, 0.3) is 0 Å². The maximum absolute atomic E-state index is 13.2. The molecule has 0 spiro atoms. The van der Waals surface area contributed by atoms with Gasteiger partial charge in [0, 0.05) is 12.0 Å². The third kappa shape index (κ3) is 3.39. The first-order valence-corrected chi connectivity index (χ1v) is 6.28. The molecule has 4 heteroatoms. The molecule has 0 amide bonds. The Hall–Kier alpha value is -1.81. The van der Waals surface area contributed by atoms with Crippen molar-refractivity contribution >= 4 is 0 Å². The van der Waals surface area contributed by atoms with Crippen molar-refractivity contribution in [2.24, 2.45) is 0 Å². The van der Waals surface area contributed by atoms with Crippen LogP contribution in [0.3, 0.4) is 0 Å². The first-order valence-electron chi connectivity index (χ1n) is 6.28. The highest BCUT2D eigenvalue weighted by Gasteiger charge is 2.14. The Morgan fingerprint density at radius 1 is 1.05 bits per heavy atom. The maximum Gasteiger partial charge on any atom is 0.263 e. The third-order valence-corrected chi connectivity index (χ3v) is 3.27. The number of hydrogen-bond acceptors (Lipinski definition) is 1. The molecule has 106 valence electrons. The van der Waals surface area contributed by atoms with E-state index in [4.69, 9.17) is 0 Å². The van der Waals surface area contributed by atoms with Crippen LogP contribution in [-0.2, 0) is 6.42 Å². The summed E-state index contributed by atoms with van der Waals surface area (Å²) in [4.78, 5) is 0. The summed E-state index contributed by atoms with van der Waals surface area (Å²) in [7, 11) is 0. The van der Waals surface area contributed by atoms with E-state index in [1.54, 1.807) is 12.1 Å². The lowest BCUT2D eigenvalue weighted by Crippen LogP contribution is -2.04. The van der Waals surface area contributed by atoms with Gasteiger partial charge in [-0.15, -0.1) is 0 Å². The van der Waals surface area contributed by atoms with Gasteiger partial charge in [0.25, 0.3) is 6.43 Å². The lowest BCUT2D eigenvalue weighted by molar-refractivity contribution is 0.149. The highest BCUT2D eigenvalue weighted by molar-refractivity contribution is 5.31. The SMILES string of the molecule is Cc1ccc(F)cc1CC(O)c1cccc(C(F)F)c1. The molecule has 1 N–H and O–H groups in total. The molecule has 0 aliphatic carbocycles. The third-order valence-electron chi connectivity index (χ3n) is 3.27. The molecule has 0 fully saturated rings. The van der Waals surface area contributed by atoms with Crippen molar-refractivity contribution in [3.8, 4) is 0 Å². The smallest absolute Gasteiger partial charge is 0.263 e. The zero-order valence-corrected chi connectivity index (χ0v) is 11.0. The first kappa shape index (κ1) is 14.6. The zero-order chi connectivity index (χ0) is 14.7. The molecular weight excluding hydrogens is 265 g/mol. The molecule has 0 aromatic heterocycles. The summed E-state index contributed by atoms with van der Waals surface area (Å²) in [5, 5.41) is 10.1. The second-order valence-corrected chi connectivity index (χ2v) is 4.76. The van der Waals surface area contributed by atoms with Gasteiger partial charge in [0.2, 0.25) is 0 Å². The number of hydrogen-bond donors (Lipinski definition) is 1. The van der Waals surface area contributed by atoms with Crippen LogP contribution in [0.15, 0.2) is 42.5 Å². The summed E-state index contributed by atoms with van der Waals surface area (Å²) in [5.74, 6) is -0.376. The van der Waals surface area contributed by atoms with Gasteiger partial charge in [-0.3, -0.25) is 0 Å². The topological polar surface area (TPSA) is 20.2 Å². The summed E-state index contributed by atoms with van der Waals surface area (Å²) in [6.07, 6.45) is -3.32. The van der Waals surface area contributed by atoms with E-state index in [1.165, 1.54) is 30.3 Å². The minimum Gasteiger partial charge on any atom is -0.388 e. The molecule has 2 rings (SSSR count). The summed E-state index contributed by atoms with van der Waals surface area (Å²) >= 11 is 0. The lowest BCUT2D eigenvalue weighted by atomic mass is 9.97. The van der Waals surface area contributed by atoms with Gasteiger partial charge < -0.3 is 5.11 Å². The van der Waals surface area contributed by atoms with Crippen LogP contribution >= 0.6 is 0 Å². The van der Waals surface area contributed by atoms with E-state index in [1.807, 2.05) is 6.92 Å². The number of aryl methyl sites for hydroxylation is 1. The Morgan fingerprint density at radius 3 is 2.45 bits per heavy atom. The fraction of sp³-hybridized carbons (Fsp3) is 0.250. The number of aliphatic hydroxyl groups is 1. The molecule has 1 atom stereocenters. The predicted octanol–water partition coefficient (Wildman–Crippen LogP) is 4.35. The van der Waals surface area contributed by atoms with Crippen LogP contribution in [0.4, 0.5) is 13.2 Å². The fourth-order valence-electron chi connectivity index (χ4n) is 2.09. The molecule has 0 heterocycles. The number of halogens is 3. The minimum absolute atomic E-state index is 0.127. The molecule has 0 saturated heterocycles. The summed E-state index contributed by atoms with van der Waals surface area (Å²) in [5.41, 5.74) is 1.80. The van der Waals surface area contributed by atoms with Gasteiger partial charge in [-0.2, -0.15) is 0 Å². The largest absolute Gasteiger partial charge is 0.388 e. The van der Waals surface area contributed by atoms with Gasteiger partial charge in [0.1, 0.15) is 5.82 Å². The molecule has 0 bridgehead atoms. The van der Waals surface area contributed by atoms with Gasteiger partial charge in [-0.25, -0.2) is 13.2 Å².